The molecule has 0 unspecified atom stereocenters. The van der Waals surface area contributed by atoms with E-state index in [0.29, 0.717) is 19.3 Å². The molecule has 2 aromatic carbocycles. The van der Waals surface area contributed by atoms with Crippen molar-refractivity contribution < 1.29 is 132 Å². The van der Waals surface area contributed by atoms with Crippen LogP contribution in [0.1, 0.15) is 84.8 Å². The topological polar surface area (TPSA) is 734 Å². The molecule has 2 rings (SSSR count). The lowest BCUT2D eigenvalue weighted by Crippen LogP contribution is -2.62. The highest BCUT2D eigenvalue weighted by atomic mass is 16.4. The number of aliphatic hydroxyl groups is 5. The van der Waals surface area contributed by atoms with Crippen LogP contribution in [0.3, 0.4) is 0 Å². The summed E-state index contributed by atoms with van der Waals surface area (Å²) in [7, 11) is 0. The molecule has 0 radical (unpaired) electrons. The molecule has 0 saturated carbocycles. The summed E-state index contributed by atoms with van der Waals surface area (Å²) in [5.74, 6) is -22.4. The van der Waals surface area contributed by atoms with Crippen LogP contribution in [-0.2, 0) is 99.1 Å². The molecule has 0 aliphatic carbocycles. The number of phenols is 2. The van der Waals surface area contributed by atoms with E-state index in [2.05, 4.69) is 85.1 Å². The number of nitrogens with two attached hydrogens (primary N) is 2. The number of hydrogen-bond acceptors (Lipinski definition) is 27. The molecule has 45 heteroatoms. The van der Waals surface area contributed by atoms with Crippen molar-refractivity contribution in [2.24, 2.45) is 23.3 Å². The van der Waals surface area contributed by atoms with E-state index in [1.54, 1.807) is 13.8 Å². The zero-order valence-electron chi connectivity index (χ0n) is 62.8. The lowest BCUT2D eigenvalue weighted by molar-refractivity contribution is -0.142. The van der Waals surface area contributed by atoms with Gasteiger partial charge in [0.25, 0.3) is 0 Å². The van der Waals surface area contributed by atoms with Gasteiger partial charge in [0, 0.05) is 12.8 Å². The van der Waals surface area contributed by atoms with E-state index in [0.717, 1.165) is 13.8 Å². The van der Waals surface area contributed by atoms with Crippen molar-refractivity contribution in [3.63, 3.8) is 0 Å². The van der Waals surface area contributed by atoms with Crippen molar-refractivity contribution in [2.75, 3.05) is 65.7 Å². The summed E-state index contributed by atoms with van der Waals surface area (Å²) < 4.78 is 0. The molecule has 0 aromatic heterocycles. The lowest BCUT2D eigenvalue weighted by atomic mass is 9.98. The van der Waals surface area contributed by atoms with E-state index in [1.807, 2.05) is 0 Å². The quantitative estimate of drug-likeness (QED) is 0.0274. The maximum Gasteiger partial charge on any atom is 0.322 e. The second-order valence-electron chi connectivity index (χ2n) is 26.1. The molecule has 0 aliphatic heterocycles. The number of amides is 16. The largest absolute Gasteiger partial charge is 0.508 e. The summed E-state index contributed by atoms with van der Waals surface area (Å²) in [5.41, 5.74) is 11.4. The fourth-order valence-corrected chi connectivity index (χ4v) is 10.1. The van der Waals surface area contributed by atoms with Crippen molar-refractivity contribution in [1.29, 1.82) is 0 Å². The van der Waals surface area contributed by atoms with Crippen LogP contribution >= 0.6 is 0 Å². The first-order valence-electron chi connectivity index (χ1n) is 35.5. The third-order valence-electron chi connectivity index (χ3n) is 16.7. The standard InChI is InChI=1S/C68H104N18O27/c1-7-33(4)55(84-48(94)23-70)67(112)83-45(29-88)60(105)73-26-51(97)76-44(28-87)59(104)72-24-49(95)71-25-50(96)77-46(30-89)64(109)86-56(35(6)91)68(113)81-42(21-37-13-17-39(93)18-14-37)62(107)80-41(20-36-11-15-38(92)16-12-36)61(106)75-34(5)57(102)79-43(22-52(98)99)63(108)82-47(31-90)65(110)85-54(32(2)3)66(111)78-40(10-8-9-19-69)58(103)74-27-53(100)101/h11-18,32-35,40-47,54-56,87-93H,7-10,19-31,69-70H2,1-6H3,(H,71,95)(H,72,104)(H,73,105)(H,74,103)(H,75,106)(H,76,97)(H,77,96)(H,78,111)(H,79,102)(H,80,107)(H,81,113)(H,82,108)(H,83,112)(H,84,94)(H,85,110)(H,86,109)(H,98,99)(H,100,101)/t33-,34-,35+,40-,41-,42-,43-,44-,45-,46-,47-,54-,55-,56-/m0/s1. The maximum atomic E-state index is 14.6. The van der Waals surface area contributed by atoms with Crippen molar-refractivity contribution in [3.05, 3.63) is 59.7 Å². The van der Waals surface area contributed by atoms with Gasteiger partial charge in [-0.05, 0) is 86.9 Å². The van der Waals surface area contributed by atoms with Crippen LogP contribution in [0.5, 0.6) is 11.5 Å². The predicted octanol–water partition coefficient (Wildman–Crippen LogP) is -12.1. The van der Waals surface area contributed by atoms with Gasteiger partial charge in [-0.1, -0.05) is 58.4 Å². The van der Waals surface area contributed by atoms with Gasteiger partial charge in [-0.25, -0.2) is 0 Å². The number of hydrogen-bond donors (Lipinski definition) is 27. The Morgan fingerprint density at radius 2 is 0.735 bits per heavy atom. The molecule has 113 heavy (non-hydrogen) atoms. The van der Waals surface area contributed by atoms with Crippen LogP contribution in [0.4, 0.5) is 0 Å². The molecule has 2 aromatic rings. The number of aliphatic hydroxyl groups excluding tert-OH is 5. The molecule has 16 amide bonds. The highest BCUT2D eigenvalue weighted by molar-refractivity contribution is 6.01. The summed E-state index contributed by atoms with van der Waals surface area (Å²) in [6, 6.07) is -10.3. The van der Waals surface area contributed by atoms with Crippen LogP contribution in [0.25, 0.3) is 0 Å². The average molecular weight is 1610 g/mol. The Morgan fingerprint density at radius 3 is 1.19 bits per heavy atom. The van der Waals surface area contributed by atoms with Crippen molar-refractivity contribution in [2.45, 2.75) is 165 Å². The number of aliphatic carboxylic acids is 2. The number of benzene rings is 2. The number of carbonyl (C=O) groups excluding carboxylic acids is 16. The van der Waals surface area contributed by atoms with Gasteiger partial charge in [0.2, 0.25) is 94.5 Å². The van der Waals surface area contributed by atoms with E-state index < -0.39 is 275 Å². The highest BCUT2D eigenvalue weighted by Crippen LogP contribution is 2.16. The Morgan fingerprint density at radius 1 is 0.363 bits per heavy atom. The van der Waals surface area contributed by atoms with E-state index in [1.165, 1.54) is 62.4 Å². The maximum absolute atomic E-state index is 14.6. The Hall–Kier alpha value is -11.8. The molecule has 628 valence electrons. The van der Waals surface area contributed by atoms with Gasteiger partial charge in [-0.3, -0.25) is 86.3 Å². The van der Waals surface area contributed by atoms with Crippen molar-refractivity contribution in [3.8, 4) is 11.5 Å². The first-order valence-corrected chi connectivity index (χ1v) is 35.5. The summed E-state index contributed by atoms with van der Waals surface area (Å²) in [6.07, 6.45) is -2.77. The van der Waals surface area contributed by atoms with Crippen molar-refractivity contribution >= 4 is 106 Å². The van der Waals surface area contributed by atoms with Crippen LogP contribution in [0.2, 0.25) is 0 Å². The molecule has 0 heterocycles. The summed E-state index contributed by atoms with van der Waals surface area (Å²) >= 11 is 0. The number of phenolic OH excluding ortho intramolecular Hbond substituents is 2. The van der Waals surface area contributed by atoms with Gasteiger partial charge >= 0.3 is 11.9 Å². The summed E-state index contributed by atoms with van der Waals surface area (Å²) in [5, 5.41) is 125. The number of carbonyl (C=O) groups is 18. The second kappa shape index (κ2) is 50.2. The van der Waals surface area contributed by atoms with Gasteiger partial charge in [0.1, 0.15) is 90.5 Å². The molecule has 0 saturated heterocycles. The monoisotopic (exact) mass is 1600 g/mol. The van der Waals surface area contributed by atoms with Crippen LogP contribution in [-0.4, -0.2) is 297 Å². The van der Waals surface area contributed by atoms with Gasteiger partial charge < -0.3 is 142 Å². The molecule has 0 spiro atoms. The fourth-order valence-electron chi connectivity index (χ4n) is 10.1. The second-order valence-corrected chi connectivity index (χ2v) is 26.1. The average Bonchev–Trinajstić information content (AvgIpc) is 0.844. The smallest absolute Gasteiger partial charge is 0.322 e. The minimum atomic E-state index is -2.06. The lowest BCUT2D eigenvalue weighted by Gasteiger charge is -2.28. The molecule has 14 atom stereocenters. The zero-order chi connectivity index (χ0) is 85.4. The first-order chi connectivity index (χ1) is 53.3. The van der Waals surface area contributed by atoms with Gasteiger partial charge in [0.05, 0.1) is 65.1 Å². The van der Waals surface area contributed by atoms with Crippen LogP contribution in [0, 0.1) is 11.8 Å². The SMILES string of the molecule is CC[C@H](C)[C@H](NC(=O)CN)C(=O)N[C@@H](CO)C(=O)NCC(=O)N[C@@H](CO)C(=O)NCC(=O)NCC(=O)N[C@@H](CO)C(=O)N[C@H](C(=O)N[C@@H](Cc1ccc(O)cc1)C(=O)N[C@@H](Cc1ccc(O)cc1)C(=O)N[C@@H](C)C(=O)N[C@@H](CC(=O)O)C(=O)N[C@@H](CO)C(=O)N[C@H](C(=O)N[C@@H](CCCCN)C(=O)NCC(=O)O)C(C)C)[C@@H](C)O. The molecule has 29 N–H and O–H groups in total. The number of unbranched alkanes of at least 4 members (excludes halogenated alkanes) is 1. The zero-order valence-corrected chi connectivity index (χ0v) is 62.8. The van der Waals surface area contributed by atoms with Gasteiger partial charge in [-0.15, -0.1) is 0 Å². The highest BCUT2D eigenvalue weighted by Gasteiger charge is 2.38. The van der Waals surface area contributed by atoms with E-state index >= 15 is 0 Å². The minimum Gasteiger partial charge on any atom is -0.508 e. The Kier molecular flexibility index (Phi) is 43.2. The fraction of sp³-hybridized carbons (Fsp3) is 0.559. The Bertz CT molecular complexity index is 3610. The van der Waals surface area contributed by atoms with E-state index in [-0.39, 0.29) is 35.6 Å². The van der Waals surface area contributed by atoms with Crippen molar-refractivity contribution in [1.82, 2.24) is 85.1 Å². The Balaban J connectivity index is 2.27. The molecular weight excluding hydrogens is 1500 g/mol. The number of rotatable bonds is 51. The number of aromatic hydroxyl groups is 2. The normalized spacial score (nSPS) is 14.7. The molecule has 0 fully saturated rings. The molecule has 0 bridgehead atoms. The number of nitrogens with one attached hydrogen (secondary N) is 16. The molecule has 45 nitrogen and oxygen atoms in total. The summed E-state index contributed by atoms with van der Waals surface area (Å²) in [4.78, 5) is 236. The Labute approximate surface area is 646 Å². The first kappa shape index (κ1) is 97.3. The molecular formula is C68H104N18O27. The third-order valence-corrected chi connectivity index (χ3v) is 16.7. The third kappa shape index (κ3) is 35.4. The number of carboxylic acids is 2. The van der Waals surface area contributed by atoms with Crippen LogP contribution < -0.4 is 96.5 Å². The van der Waals surface area contributed by atoms with E-state index in [4.69, 9.17) is 16.6 Å². The molecule has 0 aliphatic rings. The number of carboxylic acid groups (broad SMARTS) is 2. The predicted molar refractivity (Wildman–Crippen MR) is 391 cm³/mol. The summed E-state index contributed by atoms with van der Waals surface area (Å²) in [6.45, 7) is 0.364. The van der Waals surface area contributed by atoms with Gasteiger partial charge in [-0.2, -0.15) is 0 Å². The van der Waals surface area contributed by atoms with Crippen LogP contribution in [0.15, 0.2) is 48.5 Å². The minimum absolute atomic E-state index is 0.00664. The van der Waals surface area contributed by atoms with Gasteiger partial charge in [0.15, 0.2) is 0 Å². The van der Waals surface area contributed by atoms with E-state index in [9.17, 15) is 127 Å².